The normalized spacial score (nSPS) is 11.2. The van der Waals surface area contributed by atoms with Crippen LogP contribution in [0.5, 0.6) is 0 Å². The zero-order valence-corrected chi connectivity index (χ0v) is 18.1. The van der Waals surface area contributed by atoms with Gasteiger partial charge in [-0.25, -0.2) is 13.8 Å². The zero-order valence-electron chi connectivity index (χ0n) is 15.7. The number of benzene rings is 2. The molecule has 1 amide bonds. The number of carbonyl (C=O) groups is 1. The number of thioether (sulfide) groups is 1. The second-order valence-corrected chi connectivity index (χ2v) is 8.68. The quantitative estimate of drug-likeness (QED) is 0.404. The lowest BCUT2D eigenvalue weighted by atomic mass is 10.2. The lowest BCUT2D eigenvalue weighted by Crippen LogP contribution is -2.26. The van der Waals surface area contributed by atoms with Crippen LogP contribution in [-0.2, 0) is 11.3 Å². The van der Waals surface area contributed by atoms with E-state index >= 15 is 0 Å². The number of rotatable bonds is 6. The van der Waals surface area contributed by atoms with Gasteiger partial charge in [0.15, 0.2) is 5.16 Å². The van der Waals surface area contributed by atoms with Crippen LogP contribution in [0, 0.1) is 17.6 Å². The number of anilines is 1. The van der Waals surface area contributed by atoms with Crippen LogP contribution in [0.15, 0.2) is 50.8 Å². The fourth-order valence-electron chi connectivity index (χ4n) is 2.72. The van der Waals surface area contributed by atoms with Gasteiger partial charge in [0.25, 0.3) is 5.56 Å². The van der Waals surface area contributed by atoms with E-state index in [1.54, 1.807) is 22.8 Å². The molecule has 0 fully saturated rings. The molecule has 0 bridgehead atoms. The maximum Gasteiger partial charge on any atom is 0.262 e. The van der Waals surface area contributed by atoms with Crippen molar-refractivity contribution in [3.8, 4) is 0 Å². The minimum atomic E-state index is -0.852. The molecule has 1 heterocycles. The molecule has 3 rings (SSSR count). The van der Waals surface area contributed by atoms with Crippen molar-refractivity contribution in [1.82, 2.24) is 9.55 Å². The molecule has 0 aliphatic carbocycles. The third-order valence-corrected chi connectivity index (χ3v) is 5.44. The lowest BCUT2D eigenvalue weighted by Gasteiger charge is -2.15. The second-order valence-electron chi connectivity index (χ2n) is 6.83. The van der Waals surface area contributed by atoms with Crippen molar-refractivity contribution in [3.05, 3.63) is 62.9 Å². The SMILES string of the molecule is CC(C)Cn1c(SCC(=O)Nc2ccc(F)cc2F)nc2ccc(Br)cc2c1=O. The Morgan fingerprint density at radius 1 is 1.24 bits per heavy atom. The summed E-state index contributed by atoms with van der Waals surface area (Å²) >= 11 is 4.45. The number of hydrogen-bond donors (Lipinski definition) is 1. The number of aromatic nitrogens is 2. The first kappa shape index (κ1) is 21.4. The number of halogens is 3. The summed E-state index contributed by atoms with van der Waals surface area (Å²) in [7, 11) is 0. The van der Waals surface area contributed by atoms with Crippen LogP contribution in [-0.4, -0.2) is 21.2 Å². The van der Waals surface area contributed by atoms with Gasteiger partial charge in [0.05, 0.1) is 22.3 Å². The summed E-state index contributed by atoms with van der Waals surface area (Å²) in [6.45, 7) is 4.41. The number of nitrogens with zero attached hydrogens (tertiary/aromatic N) is 2. The van der Waals surface area contributed by atoms with E-state index in [0.29, 0.717) is 28.7 Å². The van der Waals surface area contributed by atoms with E-state index in [9.17, 15) is 18.4 Å². The van der Waals surface area contributed by atoms with Crippen LogP contribution in [0.1, 0.15) is 13.8 Å². The van der Waals surface area contributed by atoms with Crippen LogP contribution in [0.4, 0.5) is 14.5 Å². The topological polar surface area (TPSA) is 64.0 Å². The third kappa shape index (κ3) is 5.22. The molecule has 5 nitrogen and oxygen atoms in total. The Kier molecular flexibility index (Phi) is 6.69. The zero-order chi connectivity index (χ0) is 21.1. The molecule has 0 spiro atoms. The second kappa shape index (κ2) is 9.04. The van der Waals surface area contributed by atoms with Gasteiger partial charge in [-0.15, -0.1) is 0 Å². The molecule has 0 atom stereocenters. The molecular weight excluding hydrogens is 464 g/mol. The van der Waals surface area contributed by atoms with Gasteiger partial charge in [0.2, 0.25) is 5.91 Å². The molecule has 0 saturated carbocycles. The highest BCUT2D eigenvalue weighted by Crippen LogP contribution is 2.22. The highest BCUT2D eigenvalue weighted by Gasteiger charge is 2.15. The van der Waals surface area contributed by atoms with Crippen LogP contribution in [0.2, 0.25) is 0 Å². The smallest absolute Gasteiger partial charge is 0.262 e. The van der Waals surface area contributed by atoms with Gasteiger partial charge in [0, 0.05) is 17.1 Å². The number of nitrogens with one attached hydrogen (secondary N) is 1. The minimum absolute atomic E-state index is 0.0800. The number of fused-ring (bicyclic) bond motifs is 1. The van der Waals surface area contributed by atoms with Crippen molar-refractivity contribution in [3.63, 3.8) is 0 Å². The predicted octanol–water partition coefficient (Wildman–Crippen LogP) is 4.82. The molecule has 2 aromatic carbocycles. The number of amides is 1. The summed E-state index contributed by atoms with van der Waals surface area (Å²) in [5.41, 5.74) is 0.246. The molecule has 0 saturated heterocycles. The standard InChI is InChI=1S/C20H18BrF2N3O2S/c1-11(2)9-26-19(28)14-7-12(21)3-5-16(14)25-20(26)29-10-18(27)24-17-6-4-13(22)8-15(17)23/h3-8,11H,9-10H2,1-2H3,(H,24,27). The van der Waals surface area contributed by atoms with Crippen LogP contribution in [0.3, 0.4) is 0 Å². The van der Waals surface area contributed by atoms with Crippen molar-refractivity contribution >= 4 is 50.2 Å². The third-order valence-electron chi connectivity index (χ3n) is 3.97. The first-order valence-electron chi connectivity index (χ1n) is 8.82. The van der Waals surface area contributed by atoms with Crippen molar-refractivity contribution in [2.45, 2.75) is 25.5 Å². The Hall–Kier alpha value is -2.26. The molecule has 9 heteroatoms. The van der Waals surface area contributed by atoms with Gasteiger partial charge in [0.1, 0.15) is 11.6 Å². The Morgan fingerprint density at radius 2 is 2.00 bits per heavy atom. The van der Waals surface area contributed by atoms with Gasteiger partial charge >= 0.3 is 0 Å². The summed E-state index contributed by atoms with van der Waals surface area (Å²) in [6, 6.07) is 8.17. The summed E-state index contributed by atoms with van der Waals surface area (Å²) in [6.07, 6.45) is 0. The highest BCUT2D eigenvalue weighted by molar-refractivity contribution is 9.10. The van der Waals surface area contributed by atoms with Crippen molar-refractivity contribution in [2.75, 3.05) is 11.1 Å². The highest BCUT2D eigenvalue weighted by atomic mass is 79.9. The van der Waals surface area contributed by atoms with Gasteiger partial charge < -0.3 is 5.32 Å². The molecule has 0 aliphatic heterocycles. The molecule has 29 heavy (non-hydrogen) atoms. The summed E-state index contributed by atoms with van der Waals surface area (Å²) < 4.78 is 29.0. The summed E-state index contributed by atoms with van der Waals surface area (Å²) in [5.74, 6) is -1.94. The number of hydrogen-bond acceptors (Lipinski definition) is 4. The summed E-state index contributed by atoms with van der Waals surface area (Å²) in [5, 5.41) is 3.30. The van der Waals surface area contributed by atoms with E-state index in [1.165, 1.54) is 0 Å². The fourth-order valence-corrected chi connectivity index (χ4v) is 3.89. The Bertz CT molecular complexity index is 1130. The van der Waals surface area contributed by atoms with Crippen LogP contribution >= 0.6 is 27.7 Å². The maximum atomic E-state index is 13.7. The Morgan fingerprint density at radius 3 is 2.69 bits per heavy atom. The van der Waals surface area contributed by atoms with Crippen molar-refractivity contribution in [2.24, 2.45) is 5.92 Å². The minimum Gasteiger partial charge on any atom is -0.323 e. The van der Waals surface area contributed by atoms with Gasteiger partial charge in [-0.1, -0.05) is 41.5 Å². The molecule has 152 valence electrons. The average molecular weight is 482 g/mol. The van der Waals surface area contributed by atoms with E-state index in [4.69, 9.17) is 0 Å². The van der Waals surface area contributed by atoms with Gasteiger partial charge in [-0.05, 0) is 36.2 Å². The van der Waals surface area contributed by atoms with Gasteiger partial charge in [-0.2, -0.15) is 0 Å². The van der Waals surface area contributed by atoms with E-state index in [1.807, 2.05) is 13.8 Å². The van der Waals surface area contributed by atoms with E-state index in [2.05, 4.69) is 26.2 Å². The van der Waals surface area contributed by atoms with E-state index in [0.717, 1.165) is 28.4 Å². The Balaban J connectivity index is 1.85. The van der Waals surface area contributed by atoms with Crippen LogP contribution < -0.4 is 10.9 Å². The molecule has 1 aromatic heterocycles. The first-order chi connectivity index (χ1) is 13.7. The largest absolute Gasteiger partial charge is 0.323 e. The molecular formula is C20H18BrF2N3O2S. The van der Waals surface area contributed by atoms with Crippen LogP contribution in [0.25, 0.3) is 10.9 Å². The first-order valence-corrected chi connectivity index (χ1v) is 10.6. The fraction of sp³-hybridized carbons (Fsp3) is 0.250. The Labute approximate surface area is 178 Å². The number of carbonyl (C=O) groups excluding carboxylic acids is 1. The molecule has 0 radical (unpaired) electrons. The lowest BCUT2D eigenvalue weighted by molar-refractivity contribution is -0.113. The molecule has 1 N–H and O–H groups in total. The van der Waals surface area contributed by atoms with E-state index < -0.39 is 17.5 Å². The predicted molar refractivity (Wildman–Crippen MR) is 114 cm³/mol. The molecule has 3 aromatic rings. The monoisotopic (exact) mass is 481 g/mol. The molecule has 0 aliphatic rings. The summed E-state index contributed by atoms with van der Waals surface area (Å²) in [4.78, 5) is 29.7. The van der Waals surface area contributed by atoms with E-state index in [-0.39, 0.29) is 22.9 Å². The van der Waals surface area contributed by atoms with Crippen molar-refractivity contribution < 1.29 is 13.6 Å². The maximum absolute atomic E-state index is 13.7. The average Bonchev–Trinajstić information content (AvgIpc) is 2.65. The van der Waals surface area contributed by atoms with Gasteiger partial charge in [-0.3, -0.25) is 14.2 Å². The van der Waals surface area contributed by atoms with Crippen molar-refractivity contribution in [1.29, 1.82) is 0 Å². The molecule has 0 unspecified atom stereocenters.